The highest BCUT2D eigenvalue weighted by molar-refractivity contribution is 7.91. The fraction of sp³-hybridized carbons (Fsp3) is 0.474. The van der Waals surface area contributed by atoms with E-state index in [0.717, 1.165) is 29.9 Å². The van der Waals surface area contributed by atoms with Crippen LogP contribution in [-0.2, 0) is 21.1 Å². The average Bonchev–Trinajstić information content (AvgIpc) is 3.34. The Hall–Kier alpha value is -2.89. The number of amides is 1. The van der Waals surface area contributed by atoms with Gasteiger partial charge in [-0.2, -0.15) is 4.80 Å². The quantitative estimate of drug-likeness (QED) is 0.685. The van der Waals surface area contributed by atoms with Crippen LogP contribution in [0.5, 0.6) is 0 Å². The van der Waals surface area contributed by atoms with Crippen LogP contribution < -0.4 is 4.90 Å². The number of allylic oxidation sites excluding steroid dienone is 1. The van der Waals surface area contributed by atoms with Crippen molar-refractivity contribution in [2.24, 2.45) is 0 Å². The first-order chi connectivity index (χ1) is 14.8. The number of tetrazole rings is 1. The standard InChI is InChI=1S/C19H19F2N5O4S/c20-15-7-13(8-16(21)17(15)11-3-5-31(28,29)6-4-11)25-9-14(30-19(25)27)10-26-23-18(22-24-26)12-1-2-12/h3,7-8,12,14H,1-2,4-6,9-10H2. The molecule has 1 atom stereocenters. The van der Waals surface area contributed by atoms with E-state index in [1.807, 2.05) is 0 Å². The van der Waals surface area contributed by atoms with Crippen LogP contribution in [0.25, 0.3) is 5.57 Å². The van der Waals surface area contributed by atoms with Gasteiger partial charge in [-0.1, -0.05) is 6.08 Å². The molecular weight excluding hydrogens is 432 g/mol. The van der Waals surface area contributed by atoms with E-state index in [1.165, 1.54) is 10.9 Å². The van der Waals surface area contributed by atoms with Gasteiger partial charge in [0.2, 0.25) is 0 Å². The van der Waals surface area contributed by atoms with Gasteiger partial charge in [-0.05, 0) is 42.2 Å². The molecule has 2 fully saturated rings. The molecule has 1 amide bonds. The molecule has 5 rings (SSSR count). The van der Waals surface area contributed by atoms with Crippen LogP contribution in [0.3, 0.4) is 0 Å². The number of carbonyl (C=O) groups is 1. The summed E-state index contributed by atoms with van der Waals surface area (Å²) in [5, 5.41) is 12.2. The second-order valence-electron chi connectivity index (χ2n) is 7.97. The summed E-state index contributed by atoms with van der Waals surface area (Å²) in [7, 11) is -3.22. The van der Waals surface area contributed by atoms with Gasteiger partial charge in [0.25, 0.3) is 0 Å². The summed E-state index contributed by atoms with van der Waals surface area (Å²) in [6, 6.07) is 2.12. The Morgan fingerprint density at radius 3 is 2.58 bits per heavy atom. The van der Waals surface area contributed by atoms with Crippen molar-refractivity contribution >= 4 is 27.2 Å². The van der Waals surface area contributed by atoms with E-state index in [2.05, 4.69) is 15.4 Å². The smallest absolute Gasteiger partial charge is 0.414 e. The Kier molecular flexibility index (Phi) is 4.76. The third kappa shape index (κ3) is 4.03. The number of ether oxygens (including phenoxy) is 1. The van der Waals surface area contributed by atoms with E-state index in [9.17, 15) is 22.0 Å². The summed E-state index contributed by atoms with van der Waals surface area (Å²) in [5.74, 6) is -1.10. The number of nitrogens with zero attached hydrogens (tertiary/aromatic N) is 5. The molecule has 164 valence electrons. The predicted molar refractivity (Wildman–Crippen MR) is 105 cm³/mol. The van der Waals surface area contributed by atoms with E-state index in [4.69, 9.17) is 4.74 Å². The van der Waals surface area contributed by atoms with Gasteiger partial charge < -0.3 is 4.74 Å². The van der Waals surface area contributed by atoms with Crippen LogP contribution in [-0.4, -0.2) is 58.9 Å². The number of carbonyl (C=O) groups excluding carboxylic acids is 1. The largest absolute Gasteiger partial charge is 0.442 e. The van der Waals surface area contributed by atoms with Crippen molar-refractivity contribution in [2.45, 2.75) is 37.8 Å². The van der Waals surface area contributed by atoms with Gasteiger partial charge in [0.15, 0.2) is 15.7 Å². The normalized spacial score (nSPS) is 23.0. The molecule has 1 unspecified atom stereocenters. The van der Waals surface area contributed by atoms with Crippen LogP contribution in [0.1, 0.15) is 36.6 Å². The van der Waals surface area contributed by atoms with Gasteiger partial charge in [-0.25, -0.2) is 22.0 Å². The fourth-order valence-electron chi connectivity index (χ4n) is 3.78. The highest BCUT2D eigenvalue weighted by Crippen LogP contribution is 2.37. The van der Waals surface area contributed by atoms with E-state index in [-0.39, 0.29) is 42.3 Å². The summed E-state index contributed by atoms with van der Waals surface area (Å²) >= 11 is 0. The van der Waals surface area contributed by atoms with Crippen molar-refractivity contribution in [3.63, 3.8) is 0 Å². The number of sulfone groups is 1. The fourth-order valence-corrected chi connectivity index (χ4v) is 4.93. The molecule has 1 aliphatic carbocycles. The molecule has 1 saturated heterocycles. The first-order valence-electron chi connectivity index (χ1n) is 9.94. The minimum atomic E-state index is -3.22. The number of halogens is 2. The Labute approximate surface area is 176 Å². The molecule has 2 aliphatic heterocycles. The molecule has 2 aromatic rings. The summed E-state index contributed by atoms with van der Waals surface area (Å²) in [4.78, 5) is 14.8. The zero-order valence-corrected chi connectivity index (χ0v) is 17.2. The number of cyclic esters (lactones) is 1. The van der Waals surface area contributed by atoms with Gasteiger partial charge in [0, 0.05) is 11.5 Å². The van der Waals surface area contributed by atoms with Crippen molar-refractivity contribution in [1.29, 1.82) is 0 Å². The van der Waals surface area contributed by atoms with Gasteiger partial charge in [0.05, 0.1) is 23.7 Å². The van der Waals surface area contributed by atoms with Crippen LogP contribution in [0, 0.1) is 11.6 Å². The van der Waals surface area contributed by atoms with Gasteiger partial charge in [-0.3, -0.25) is 4.90 Å². The lowest BCUT2D eigenvalue weighted by molar-refractivity contribution is 0.126. The molecule has 9 nitrogen and oxygen atoms in total. The number of anilines is 1. The minimum Gasteiger partial charge on any atom is -0.442 e. The molecule has 3 aliphatic rings. The van der Waals surface area contributed by atoms with E-state index < -0.39 is 33.7 Å². The van der Waals surface area contributed by atoms with Crippen LogP contribution in [0.4, 0.5) is 19.3 Å². The van der Waals surface area contributed by atoms with Gasteiger partial charge in [-0.15, -0.1) is 10.2 Å². The lowest BCUT2D eigenvalue weighted by Gasteiger charge is -2.18. The topological polar surface area (TPSA) is 107 Å². The van der Waals surface area contributed by atoms with E-state index in [1.54, 1.807) is 0 Å². The molecule has 0 spiro atoms. The highest BCUT2D eigenvalue weighted by atomic mass is 32.2. The molecular formula is C19H19F2N5O4S. The highest BCUT2D eigenvalue weighted by Gasteiger charge is 2.35. The molecule has 0 bridgehead atoms. The first kappa shape index (κ1) is 20.0. The van der Waals surface area contributed by atoms with Crippen molar-refractivity contribution in [1.82, 2.24) is 20.2 Å². The molecule has 31 heavy (non-hydrogen) atoms. The Morgan fingerprint density at radius 2 is 1.94 bits per heavy atom. The van der Waals surface area contributed by atoms with Crippen LogP contribution >= 0.6 is 0 Å². The lowest BCUT2D eigenvalue weighted by atomic mass is 10.0. The average molecular weight is 451 g/mol. The Balaban J connectivity index is 1.32. The maximum absolute atomic E-state index is 14.8. The van der Waals surface area contributed by atoms with Crippen molar-refractivity contribution in [3.05, 3.63) is 41.2 Å². The Bertz CT molecular complexity index is 1170. The molecule has 1 aromatic carbocycles. The van der Waals surface area contributed by atoms with Crippen LogP contribution in [0.15, 0.2) is 18.2 Å². The number of hydrogen-bond donors (Lipinski definition) is 0. The van der Waals surface area contributed by atoms with Gasteiger partial charge >= 0.3 is 6.09 Å². The zero-order valence-electron chi connectivity index (χ0n) is 16.4. The minimum absolute atomic E-state index is 0.0282. The molecule has 0 radical (unpaired) electrons. The monoisotopic (exact) mass is 451 g/mol. The van der Waals surface area contributed by atoms with Crippen molar-refractivity contribution in [3.8, 4) is 0 Å². The zero-order chi connectivity index (χ0) is 21.8. The molecule has 1 saturated carbocycles. The third-order valence-corrected chi connectivity index (χ3v) is 7.08. The summed E-state index contributed by atoms with van der Waals surface area (Å²) in [6.45, 7) is 0.269. The first-order valence-corrected chi connectivity index (χ1v) is 11.8. The van der Waals surface area contributed by atoms with Crippen molar-refractivity contribution < 1.29 is 26.7 Å². The molecule has 12 heteroatoms. The summed E-state index contributed by atoms with van der Waals surface area (Å²) < 4.78 is 57.9. The van der Waals surface area contributed by atoms with Crippen LogP contribution in [0.2, 0.25) is 0 Å². The molecule has 0 N–H and O–H groups in total. The molecule has 3 heterocycles. The lowest BCUT2D eigenvalue weighted by Crippen LogP contribution is -2.27. The maximum atomic E-state index is 14.8. The van der Waals surface area contributed by atoms with E-state index >= 15 is 0 Å². The second kappa shape index (κ2) is 7.36. The predicted octanol–water partition coefficient (Wildman–Crippen LogP) is 2.06. The summed E-state index contributed by atoms with van der Waals surface area (Å²) in [6.07, 6.45) is 2.14. The van der Waals surface area contributed by atoms with Crippen molar-refractivity contribution in [2.75, 3.05) is 23.0 Å². The number of rotatable bonds is 5. The SMILES string of the molecule is O=C1OC(Cn2nnc(C3CC3)n2)CN1c1cc(F)c(C2=CCS(=O)(=O)CC2)c(F)c1. The molecule has 1 aromatic heterocycles. The third-order valence-electron chi connectivity index (χ3n) is 5.58. The Morgan fingerprint density at radius 1 is 1.19 bits per heavy atom. The van der Waals surface area contributed by atoms with Gasteiger partial charge in [0.1, 0.15) is 24.3 Å². The second-order valence-corrected chi connectivity index (χ2v) is 10.2. The number of hydrogen-bond acceptors (Lipinski definition) is 7. The number of aromatic nitrogens is 4. The summed E-state index contributed by atoms with van der Waals surface area (Å²) in [5.41, 5.74) is 0.0738. The van der Waals surface area contributed by atoms with E-state index in [0.29, 0.717) is 17.3 Å². The number of benzene rings is 1. The maximum Gasteiger partial charge on any atom is 0.414 e.